The van der Waals surface area contributed by atoms with Crippen LogP contribution in [0.2, 0.25) is 0 Å². The molecule has 0 fully saturated rings. The van der Waals surface area contributed by atoms with Gasteiger partial charge in [0.1, 0.15) is 0 Å². The van der Waals surface area contributed by atoms with Crippen LogP contribution in [0.25, 0.3) is 11.1 Å². The molecular weight excluding hydrogens is 383 g/mol. The maximum Gasteiger partial charge on any atom is 0.416 e. The maximum atomic E-state index is 12.6. The molecule has 146 valence electrons. The van der Waals surface area contributed by atoms with Crippen LogP contribution in [-0.4, -0.2) is 16.0 Å². The smallest absolute Gasteiger partial charge is 0.368 e. The van der Waals surface area contributed by atoms with Gasteiger partial charge in [-0.05, 0) is 42.0 Å². The van der Waals surface area contributed by atoms with Crippen molar-refractivity contribution in [2.24, 2.45) is 0 Å². The van der Waals surface area contributed by atoms with Crippen LogP contribution in [0.5, 0.6) is 0 Å². The number of amides is 2. The molecule has 0 saturated heterocycles. The summed E-state index contributed by atoms with van der Waals surface area (Å²) >= 11 is 0. The molecule has 0 unspecified atom stereocenters. The Morgan fingerprint density at radius 2 is 1.72 bits per heavy atom. The van der Waals surface area contributed by atoms with Crippen molar-refractivity contribution in [3.63, 3.8) is 0 Å². The number of halogens is 3. The molecule has 1 aromatic heterocycles. The molecule has 3 aromatic rings. The molecule has 0 aliphatic rings. The Balaban J connectivity index is 1.80. The standard InChI is InChI=1S/C20H14F3N5O/c1-2-28(19(29)27-16-8-6-15(7-9-16)20(21,22)23)17-5-3-4-13(10-17)14-11-25-18(24)26-12-14/h1,3-12H,(H,27,29)(H2,24,25,26). The number of anilines is 3. The molecule has 3 N–H and O–H groups in total. The number of rotatable bonds is 3. The van der Waals surface area contributed by atoms with Crippen LogP contribution in [-0.2, 0) is 6.18 Å². The molecule has 2 amide bonds. The first-order valence-electron chi connectivity index (χ1n) is 8.20. The van der Waals surface area contributed by atoms with Crippen LogP contribution in [0.15, 0.2) is 60.9 Å². The van der Waals surface area contributed by atoms with Crippen LogP contribution in [0.3, 0.4) is 0 Å². The number of nitrogen functional groups attached to an aromatic ring is 1. The van der Waals surface area contributed by atoms with E-state index in [-0.39, 0.29) is 11.6 Å². The average Bonchev–Trinajstić information content (AvgIpc) is 2.69. The Hall–Kier alpha value is -4.06. The molecule has 2 aromatic carbocycles. The van der Waals surface area contributed by atoms with E-state index < -0.39 is 17.8 Å². The molecule has 0 aliphatic carbocycles. The normalized spacial score (nSPS) is 10.8. The number of carbonyl (C=O) groups is 1. The minimum absolute atomic E-state index is 0.131. The van der Waals surface area contributed by atoms with E-state index in [0.717, 1.165) is 29.2 Å². The van der Waals surface area contributed by atoms with Gasteiger partial charge in [-0.1, -0.05) is 18.6 Å². The van der Waals surface area contributed by atoms with Gasteiger partial charge in [0, 0.05) is 29.7 Å². The van der Waals surface area contributed by atoms with E-state index in [4.69, 9.17) is 12.2 Å². The first kappa shape index (κ1) is 19.7. The van der Waals surface area contributed by atoms with Gasteiger partial charge in [-0.15, -0.1) is 0 Å². The third-order valence-corrected chi connectivity index (χ3v) is 3.91. The third kappa shape index (κ3) is 4.62. The van der Waals surface area contributed by atoms with Crippen LogP contribution in [0, 0.1) is 12.5 Å². The number of nitrogens with one attached hydrogen (secondary N) is 1. The van der Waals surface area contributed by atoms with E-state index in [1.54, 1.807) is 24.3 Å². The van der Waals surface area contributed by atoms with E-state index >= 15 is 0 Å². The lowest BCUT2D eigenvalue weighted by Gasteiger charge is -2.17. The fourth-order valence-corrected chi connectivity index (χ4v) is 2.48. The van der Waals surface area contributed by atoms with Crippen LogP contribution < -0.4 is 16.0 Å². The molecule has 9 heteroatoms. The summed E-state index contributed by atoms with van der Waals surface area (Å²) in [4.78, 5) is 21.4. The monoisotopic (exact) mass is 397 g/mol. The SMILES string of the molecule is C#CN(C(=O)Nc1ccc(C(F)(F)F)cc1)c1cccc(-c2cnc(N)nc2)c1. The van der Waals surface area contributed by atoms with E-state index in [1.165, 1.54) is 12.4 Å². The zero-order valence-corrected chi connectivity index (χ0v) is 14.8. The first-order chi connectivity index (χ1) is 13.8. The number of terminal acetylenes is 1. The van der Waals surface area contributed by atoms with Crippen molar-refractivity contribution in [1.29, 1.82) is 0 Å². The third-order valence-electron chi connectivity index (χ3n) is 3.91. The predicted molar refractivity (Wildman–Crippen MR) is 104 cm³/mol. The molecule has 0 radical (unpaired) electrons. The topological polar surface area (TPSA) is 84.1 Å². The number of nitrogens with two attached hydrogens (primary N) is 1. The van der Waals surface area contributed by atoms with Gasteiger partial charge >= 0.3 is 12.2 Å². The first-order valence-corrected chi connectivity index (χ1v) is 8.20. The highest BCUT2D eigenvalue weighted by Gasteiger charge is 2.30. The Morgan fingerprint density at radius 3 is 2.31 bits per heavy atom. The molecule has 1 heterocycles. The number of carbonyl (C=O) groups excluding carboxylic acids is 1. The lowest BCUT2D eigenvalue weighted by atomic mass is 10.1. The second-order valence-corrected chi connectivity index (χ2v) is 5.85. The van der Waals surface area contributed by atoms with Gasteiger partial charge in [-0.2, -0.15) is 13.2 Å². The highest BCUT2D eigenvalue weighted by Crippen LogP contribution is 2.30. The Kier molecular flexibility index (Phi) is 5.36. The van der Waals surface area contributed by atoms with Crippen LogP contribution in [0.4, 0.5) is 35.3 Å². The van der Waals surface area contributed by atoms with Crippen molar-refractivity contribution >= 4 is 23.4 Å². The van der Waals surface area contributed by atoms with Gasteiger partial charge in [0.15, 0.2) is 0 Å². The number of urea groups is 1. The molecule has 0 aliphatic heterocycles. The Labute approximate surface area is 164 Å². The van der Waals surface area contributed by atoms with E-state index in [9.17, 15) is 18.0 Å². The zero-order valence-electron chi connectivity index (χ0n) is 14.8. The Morgan fingerprint density at radius 1 is 1.07 bits per heavy atom. The van der Waals surface area contributed by atoms with Crippen molar-refractivity contribution in [2.75, 3.05) is 16.0 Å². The molecule has 0 saturated carbocycles. The van der Waals surface area contributed by atoms with Gasteiger partial charge in [-0.3, -0.25) is 0 Å². The van der Waals surface area contributed by atoms with Crippen molar-refractivity contribution in [2.45, 2.75) is 6.18 Å². The van der Waals surface area contributed by atoms with Gasteiger partial charge in [-0.25, -0.2) is 19.7 Å². The highest BCUT2D eigenvalue weighted by atomic mass is 19.4. The number of nitrogens with zero attached hydrogens (tertiary/aromatic N) is 3. The second kappa shape index (κ2) is 7.90. The lowest BCUT2D eigenvalue weighted by Crippen LogP contribution is -2.30. The predicted octanol–water partition coefficient (Wildman–Crippen LogP) is 4.37. The molecule has 29 heavy (non-hydrogen) atoms. The second-order valence-electron chi connectivity index (χ2n) is 5.85. The average molecular weight is 397 g/mol. The molecular formula is C20H14F3N5O. The van der Waals surface area contributed by atoms with E-state index in [2.05, 4.69) is 21.3 Å². The molecule has 0 spiro atoms. The minimum atomic E-state index is -4.46. The van der Waals surface area contributed by atoms with Gasteiger partial charge in [0.2, 0.25) is 5.95 Å². The van der Waals surface area contributed by atoms with Crippen molar-refractivity contribution in [3.05, 3.63) is 66.5 Å². The Bertz CT molecular complexity index is 1060. The van der Waals surface area contributed by atoms with E-state index in [0.29, 0.717) is 16.8 Å². The lowest BCUT2D eigenvalue weighted by molar-refractivity contribution is -0.137. The van der Waals surface area contributed by atoms with E-state index in [1.807, 2.05) is 0 Å². The zero-order chi connectivity index (χ0) is 21.0. The van der Waals surface area contributed by atoms with Gasteiger partial charge in [0.05, 0.1) is 11.3 Å². The number of hydrogen-bond acceptors (Lipinski definition) is 4. The van der Waals surface area contributed by atoms with Crippen LogP contribution >= 0.6 is 0 Å². The molecule has 6 nitrogen and oxygen atoms in total. The summed E-state index contributed by atoms with van der Waals surface area (Å²) in [7, 11) is 0. The van der Waals surface area contributed by atoms with Crippen LogP contribution in [0.1, 0.15) is 5.56 Å². The minimum Gasteiger partial charge on any atom is -0.368 e. The summed E-state index contributed by atoms with van der Waals surface area (Å²) in [5.74, 6) is 0.131. The number of benzene rings is 2. The number of hydrogen-bond donors (Lipinski definition) is 2. The van der Waals surface area contributed by atoms with Crippen molar-refractivity contribution < 1.29 is 18.0 Å². The summed E-state index contributed by atoms with van der Waals surface area (Å²) in [5, 5.41) is 2.47. The quantitative estimate of drug-likeness (QED) is 0.508. The summed E-state index contributed by atoms with van der Waals surface area (Å²) in [6, 6.07) is 12.3. The van der Waals surface area contributed by atoms with Gasteiger partial charge < -0.3 is 11.1 Å². The highest BCUT2D eigenvalue weighted by molar-refractivity contribution is 6.04. The largest absolute Gasteiger partial charge is 0.416 e. The maximum absolute atomic E-state index is 12.6. The summed E-state index contributed by atoms with van der Waals surface area (Å²) in [6.45, 7) is 0. The number of aromatic nitrogens is 2. The summed E-state index contributed by atoms with van der Waals surface area (Å²) < 4.78 is 37.9. The molecule has 0 bridgehead atoms. The molecule has 3 rings (SSSR count). The molecule has 0 atom stereocenters. The summed E-state index contributed by atoms with van der Waals surface area (Å²) in [6.07, 6.45) is 4.08. The number of alkyl halides is 3. The summed E-state index contributed by atoms with van der Waals surface area (Å²) in [5.41, 5.74) is 6.58. The van der Waals surface area contributed by atoms with Crippen molar-refractivity contribution in [3.8, 4) is 23.6 Å². The fraction of sp³-hybridized carbons (Fsp3) is 0.0500. The fourth-order valence-electron chi connectivity index (χ4n) is 2.48. The van der Waals surface area contributed by atoms with Gasteiger partial charge in [0.25, 0.3) is 0 Å². The van der Waals surface area contributed by atoms with Crippen molar-refractivity contribution in [1.82, 2.24) is 9.97 Å².